The van der Waals surface area contributed by atoms with Gasteiger partial charge in [-0.1, -0.05) is 38.5 Å². The van der Waals surface area contributed by atoms with Crippen LogP contribution in [0, 0.1) is 10.8 Å². The molecule has 0 aromatic rings. The summed E-state index contributed by atoms with van der Waals surface area (Å²) in [7, 11) is 1.92. The van der Waals surface area contributed by atoms with Crippen LogP contribution in [0.25, 0.3) is 0 Å². The van der Waals surface area contributed by atoms with E-state index in [1.807, 2.05) is 7.85 Å². The molecule has 0 bridgehead atoms. The molecule has 0 aromatic heterocycles. The number of carboxylic acids is 1. The zero-order valence-corrected chi connectivity index (χ0v) is 15.2. The van der Waals surface area contributed by atoms with E-state index < -0.39 is 16.9 Å². The van der Waals surface area contributed by atoms with Crippen molar-refractivity contribution in [3.8, 4) is 0 Å². The first-order chi connectivity index (χ1) is 11.3. The lowest BCUT2D eigenvalue weighted by Crippen LogP contribution is -2.28. The van der Waals surface area contributed by atoms with Crippen LogP contribution >= 0.6 is 0 Å². The van der Waals surface area contributed by atoms with Gasteiger partial charge in [-0.05, 0) is 51.4 Å². The number of rotatable bonds is 14. The Balaban J connectivity index is 1.47. The van der Waals surface area contributed by atoms with Gasteiger partial charge in [0.2, 0.25) is 0 Å². The fraction of sp³-hybridized carbons (Fsp3) is 0.895. The fourth-order valence-corrected chi connectivity index (χ4v) is 3.74. The summed E-state index contributed by atoms with van der Waals surface area (Å²) in [6, 6.07) is 0. The van der Waals surface area contributed by atoms with Gasteiger partial charge in [-0.2, -0.15) is 0 Å². The summed E-state index contributed by atoms with van der Waals surface area (Å²) in [6.07, 6.45) is 14.5. The van der Waals surface area contributed by atoms with Gasteiger partial charge >= 0.3 is 5.97 Å². The van der Waals surface area contributed by atoms with Crippen molar-refractivity contribution in [2.24, 2.45) is 10.8 Å². The average molecular weight is 336 g/mol. The topological polar surface area (TPSA) is 74.6 Å². The van der Waals surface area contributed by atoms with Crippen LogP contribution in [0.5, 0.6) is 0 Å². The van der Waals surface area contributed by atoms with Gasteiger partial charge < -0.3 is 15.0 Å². The van der Waals surface area contributed by atoms with Gasteiger partial charge in [-0.15, -0.1) is 0 Å². The number of carbonyl (C=O) groups is 2. The van der Waals surface area contributed by atoms with Crippen molar-refractivity contribution in [1.82, 2.24) is 0 Å². The Hall–Kier alpha value is -0.835. The zero-order valence-electron chi connectivity index (χ0n) is 15.2. The molecular weight excluding hydrogens is 303 g/mol. The Morgan fingerprint density at radius 1 is 0.958 bits per heavy atom. The van der Waals surface area contributed by atoms with E-state index in [0.717, 1.165) is 96.2 Å². The third-order valence-corrected chi connectivity index (χ3v) is 6.21. The minimum absolute atomic E-state index is 0.0252. The lowest BCUT2D eigenvalue weighted by atomic mass is 9.73. The van der Waals surface area contributed by atoms with Gasteiger partial charge in [0, 0.05) is 10.9 Å². The number of aldehydes is 1. The van der Waals surface area contributed by atoms with Crippen LogP contribution < -0.4 is 0 Å². The quantitative estimate of drug-likeness (QED) is 0.290. The number of hydrogen-bond acceptors (Lipinski definition) is 3. The van der Waals surface area contributed by atoms with E-state index in [2.05, 4.69) is 0 Å². The van der Waals surface area contributed by atoms with Gasteiger partial charge in [0.05, 0.1) is 5.41 Å². The summed E-state index contributed by atoms with van der Waals surface area (Å²) < 4.78 is 0. The highest BCUT2D eigenvalue weighted by molar-refractivity contribution is 6.14. The SMILES string of the molecule is BC(O)(CCCCCC1(C=O)CC1)CCCCCC1(C(=O)O)CC1. The zero-order chi connectivity index (χ0) is 17.7. The molecule has 0 aliphatic heterocycles. The highest BCUT2D eigenvalue weighted by atomic mass is 16.4. The third-order valence-electron chi connectivity index (χ3n) is 6.21. The molecule has 24 heavy (non-hydrogen) atoms. The highest BCUT2D eigenvalue weighted by Gasteiger charge is 2.49. The molecule has 2 aliphatic carbocycles. The fourth-order valence-electron chi connectivity index (χ4n) is 3.74. The van der Waals surface area contributed by atoms with Crippen LogP contribution in [0.15, 0.2) is 0 Å². The number of hydrogen-bond donors (Lipinski definition) is 2. The lowest BCUT2D eigenvalue weighted by Gasteiger charge is -2.23. The Labute approximate surface area is 146 Å². The largest absolute Gasteiger partial charge is 0.481 e. The first-order valence-electron chi connectivity index (χ1n) is 9.75. The van der Waals surface area contributed by atoms with E-state index in [0.29, 0.717) is 0 Å². The molecule has 4 nitrogen and oxygen atoms in total. The van der Waals surface area contributed by atoms with Crippen molar-refractivity contribution >= 4 is 20.1 Å². The normalized spacial score (nSPS) is 22.5. The van der Waals surface area contributed by atoms with Crippen molar-refractivity contribution in [3.05, 3.63) is 0 Å². The van der Waals surface area contributed by atoms with E-state index in [4.69, 9.17) is 5.11 Å². The second kappa shape index (κ2) is 8.03. The van der Waals surface area contributed by atoms with E-state index in [9.17, 15) is 14.7 Å². The molecule has 5 heteroatoms. The Kier molecular flexibility index (Phi) is 6.52. The van der Waals surface area contributed by atoms with Crippen LogP contribution in [0.2, 0.25) is 0 Å². The summed E-state index contributed by atoms with van der Waals surface area (Å²) in [6.45, 7) is 0. The molecule has 2 N–H and O–H groups in total. The van der Waals surface area contributed by atoms with Gasteiger partial charge in [-0.25, -0.2) is 0 Å². The van der Waals surface area contributed by atoms with Crippen molar-refractivity contribution in [2.45, 2.75) is 95.4 Å². The molecular formula is C19H33BO4. The Bertz CT molecular complexity index is 439. The summed E-state index contributed by atoms with van der Waals surface area (Å²) in [5, 5.41) is 19.6. The molecule has 0 aromatic carbocycles. The summed E-state index contributed by atoms with van der Waals surface area (Å²) in [5.41, 5.74) is -0.980. The van der Waals surface area contributed by atoms with E-state index in [1.165, 1.54) is 0 Å². The molecule has 0 saturated heterocycles. The molecule has 2 rings (SSSR count). The summed E-state index contributed by atoms with van der Waals surface area (Å²) >= 11 is 0. The van der Waals surface area contributed by atoms with E-state index in [1.54, 1.807) is 0 Å². The first kappa shape index (κ1) is 19.5. The predicted molar refractivity (Wildman–Crippen MR) is 96.7 cm³/mol. The number of carboxylic acid groups (broad SMARTS) is 1. The Morgan fingerprint density at radius 2 is 1.50 bits per heavy atom. The second-order valence-corrected chi connectivity index (χ2v) is 8.68. The Morgan fingerprint density at radius 3 is 1.92 bits per heavy atom. The molecule has 0 radical (unpaired) electrons. The van der Waals surface area contributed by atoms with Gasteiger partial charge in [0.15, 0.2) is 0 Å². The highest BCUT2D eigenvalue weighted by Crippen LogP contribution is 2.50. The van der Waals surface area contributed by atoms with Crippen LogP contribution in [0.1, 0.15) is 89.9 Å². The van der Waals surface area contributed by atoms with Crippen LogP contribution in [-0.4, -0.2) is 35.8 Å². The van der Waals surface area contributed by atoms with Crippen molar-refractivity contribution < 1.29 is 19.8 Å². The maximum atomic E-state index is 11.1. The minimum atomic E-state index is -0.628. The molecule has 2 fully saturated rings. The summed E-state index contributed by atoms with van der Waals surface area (Å²) in [5.74, 6) is -0.628. The second-order valence-electron chi connectivity index (χ2n) is 8.68. The van der Waals surface area contributed by atoms with Crippen LogP contribution in [0.3, 0.4) is 0 Å². The maximum Gasteiger partial charge on any atom is 0.309 e. The third kappa shape index (κ3) is 5.91. The average Bonchev–Trinajstić information content (AvgIpc) is 3.42. The molecule has 2 aliphatic rings. The smallest absolute Gasteiger partial charge is 0.309 e. The number of aliphatic hydroxyl groups is 1. The molecule has 0 heterocycles. The van der Waals surface area contributed by atoms with Gasteiger partial charge in [-0.3, -0.25) is 4.79 Å². The molecule has 1 atom stereocenters. The number of aliphatic carboxylic acids is 1. The monoisotopic (exact) mass is 336 g/mol. The van der Waals surface area contributed by atoms with Crippen molar-refractivity contribution in [2.75, 3.05) is 0 Å². The van der Waals surface area contributed by atoms with Crippen LogP contribution in [-0.2, 0) is 9.59 Å². The molecule has 0 spiro atoms. The van der Waals surface area contributed by atoms with Gasteiger partial charge in [0.1, 0.15) is 14.1 Å². The molecule has 136 valence electrons. The predicted octanol–water partition coefficient (Wildman–Crippen LogP) is 3.05. The van der Waals surface area contributed by atoms with Crippen LogP contribution in [0.4, 0.5) is 0 Å². The summed E-state index contributed by atoms with van der Waals surface area (Å²) in [4.78, 5) is 22.0. The molecule has 0 amide bonds. The van der Waals surface area contributed by atoms with Crippen molar-refractivity contribution in [3.63, 3.8) is 0 Å². The van der Waals surface area contributed by atoms with E-state index >= 15 is 0 Å². The molecule has 1 unspecified atom stereocenters. The minimum Gasteiger partial charge on any atom is -0.481 e. The molecule has 2 saturated carbocycles. The number of carbonyl (C=O) groups excluding carboxylic acids is 1. The van der Waals surface area contributed by atoms with Crippen molar-refractivity contribution in [1.29, 1.82) is 0 Å². The standard InChI is InChI=1S/C19H33BO4/c20-19(24,9-5-1-3-7-17(15-21)11-12-17)10-6-2-4-8-18(13-14-18)16(22)23/h15,24H,1-14,20H2,(H,22,23). The maximum absolute atomic E-state index is 11.1. The van der Waals surface area contributed by atoms with E-state index in [-0.39, 0.29) is 5.41 Å². The lowest BCUT2D eigenvalue weighted by molar-refractivity contribution is -0.143. The number of unbranched alkanes of at least 4 members (excludes halogenated alkanes) is 4. The first-order valence-corrected chi connectivity index (χ1v) is 9.75. The van der Waals surface area contributed by atoms with Gasteiger partial charge in [0.25, 0.3) is 0 Å².